The third-order valence-electron chi connectivity index (χ3n) is 3.65. The van der Waals surface area contributed by atoms with Gasteiger partial charge in [-0.05, 0) is 24.6 Å². The molecule has 0 bridgehead atoms. The van der Waals surface area contributed by atoms with E-state index in [4.69, 9.17) is 21.9 Å². The number of ether oxygens (including phenoxy) is 1. The molecular formula is C14H21Cl3F4N4O. The van der Waals surface area contributed by atoms with Crippen LogP contribution in [0.15, 0.2) is 23.2 Å². The summed E-state index contributed by atoms with van der Waals surface area (Å²) in [4.78, 5) is 4.09. The van der Waals surface area contributed by atoms with Crippen LogP contribution in [0.5, 0.6) is 5.75 Å². The van der Waals surface area contributed by atoms with E-state index in [9.17, 15) is 17.6 Å². The number of nitrogens with two attached hydrogens (primary N) is 3. The Hall–Kier alpha value is -1.00. The third kappa shape index (κ3) is 5.50. The fourth-order valence-corrected chi connectivity index (χ4v) is 2.13. The van der Waals surface area contributed by atoms with Crippen LogP contribution in [0.25, 0.3) is 0 Å². The van der Waals surface area contributed by atoms with Gasteiger partial charge in [0.2, 0.25) is 0 Å². The Morgan fingerprint density at radius 2 is 1.73 bits per heavy atom. The van der Waals surface area contributed by atoms with Crippen LogP contribution >= 0.6 is 37.2 Å². The van der Waals surface area contributed by atoms with Gasteiger partial charge in [-0.2, -0.15) is 17.6 Å². The van der Waals surface area contributed by atoms with Crippen LogP contribution in [0.1, 0.15) is 24.9 Å². The average molecular weight is 444 g/mol. The number of rotatable bonds is 5. The summed E-state index contributed by atoms with van der Waals surface area (Å²) in [6.07, 6.45) is -1.65. The number of hydrogen-bond acceptors (Lipinski definition) is 5. The number of halogens is 7. The highest BCUT2D eigenvalue weighted by Gasteiger charge is 2.55. The van der Waals surface area contributed by atoms with Crippen molar-refractivity contribution in [2.75, 3.05) is 6.54 Å². The Morgan fingerprint density at radius 1 is 1.15 bits per heavy atom. The van der Waals surface area contributed by atoms with E-state index < -0.39 is 37.0 Å². The van der Waals surface area contributed by atoms with Gasteiger partial charge in [0.1, 0.15) is 17.3 Å². The molecule has 12 heteroatoms. The summed E-state index contributed by atoms with van der Waals surface area (Å²) in [5, 5.41) is 0. The van der Waals surface area contributed by atoms with Crippen molar-refractivity contribution in [3.8, 4) is 5.75 Å². The third-order valence-corrected chi connectivity index (χ3v) is 3.65. The molecule has 1 aromatic carbocycles. The minimum Gasteiger partial charge on any atom is -0.481 e. The predicted molar refractivity (Wildman–Crippen MR) is 100 cm³/mol. The van der Waals surface area contributed by atoms with Crippen molar-refractivity contribution < 1.29 is 22.3 Å². The van der Waals surface area contributed by atoms with Gasteiger partial charge < -0.3 is 21.9 Å². The lowest BCUT2D eigenvalue weighted by Crippen LogP contribution is -2.47. The molecule has 5 nitrogen and oxygen atoms in total. The molecule has 2 atom stereocenters. The van der Waals surface area contributed by atoms with Crippen molar-refractivity contribution >= 4 is 48.7 Å². The minimum atomic E-state index is -4.32. The van der Waals surface area contributed by atoms with E-state index in [0.29, 0.717) is 11.4 Å². The molecule has 0 fully saturated rings. The van der Waals surface area contributed by atoms with E-state index >= 15 is 0 Å². The zero-order chi connectivity index (χ0) is 17.4. The Bertz CT molecular complexity index is 634. The van der Waals surface area contributed by atoms with Crippen LogP contribution in [0.3, 0.4) is 0 Å². The summed E-state index contributed by atoms with van der Waals surface area (Å²) < 4.78 is 59.1. The molecule has 1 heterocycles. The van der Waals surface area contributed by atoms with E-state index in [1.165, 1.54) is 18.2 Å². The molecule has 0 radical (unpaired) electrons. The number of nitrogens with zero attached hydrogens (tertiary/aromatic N) is 1. The van der Waals surface area contributed by atoms with Gasteiger partial charge in [0, 0.05) is 12.5 Å². The lowest BCUT2D eigenvalue weighted by Gasteiger charge is -2.28. The van der Waals surface area contributed by atoms with Gasteiger partial charge in [-0.25, -0.2) is 4.99 Å². The van der Waals surface area contributed by atoms with Crippen molar-refractivity contribution in [3.63, 3.8) is 0 Å². The second-order valence-corrected chi connectivity index (χ2v) is 5.45. The second kappa shape index (κ2) is 9.80. The number of fused-ring (bicyclic) bond motifs is 1. The van der Waals surface area contributed by atoms with Gasteiger partial charge in [0.25, 0.3) is 0 Å². The maximum atomic E-state index is 13.6. The first-order valence-electron chi connectivity index (χ1n) is 6.93. The maximum absolute atomic E-state index is 13.6. The summed E-state index contributed by atoms with van der Waals surface area (Å²) in [6, 6.07) is 3.01. The van der Waals surface area contributed by atoms with Crippen LogP contribution in [-0.4, -0.2) is 30.3 Å². The molecule has 0 spiro atoms. The quantitative estimate of drug-likeness (QED) is 0.608. The molecule has 0 aliphatic carbocycles. The molecule has 1 aliphatic heterocycles. The normalized spacial score (nSPS) is 17.3. The Morgan fingerprint density at radius 3 is 2.27 bits per heavy atom. The second-order valence-electron chi connectivity index (χ2n) is 5.45. The van der Waals surface area contributed by atoms with Gasteiger partial charge in [-0.1, -0.05) is 6.07 Å². The highest BCUT2D eigenvalue weighted by atomic mass is 35.5. The van der Waals surface area contributed by atoms with E-state index in [0.717, 1.165) is 0 Å². The van der Waals surface area contributed by atoms with Gasteiger partial charge in [0.15, 0.2) is 6.10 Å². The molecule has 0 aromatic heterocycles. The van der Waals surface area contributed by atoms with Crippen molar-refractivity contribution in [1.82, 2.24) is 0 Å². The predicted octanol–water partition coefficient (Wildman–Crippen LogP) is 3.34. The first-order chi connectivity index (χ1) is 10.6. The first-order valence-corrected chi connectivity index (χ1v) is 6.93. The molecule has 2 rings (SSSR count). The molecule has 26 heavy (non-hydrogen) atoms. The SMILES string of the molecule is C[C@H]1Oc2ccc(C(N)CC(F)(F)C(F)(F)CN)cc2N=C1N.Cl.Cl.Cl. The number of aliphatic imine (C=N–C) groups is 1. The topological polar surface area (TPSA) is 99.6 Å². The smallest absolute Gasteiger partial charge is 0.322 e. The summed E-state index contributed by atoms with van der Waals surface area (Å²) in [7, 11) is 0. The molecule has 152 valence electrons. The van der Waals surface area contributed by atoms with Crippen molar-refractivity contribution in [3.05, 3.63) is 23.8 Å². The van der Waals surface area contributed by atoms with E-state index in [1.54, 1.807) is 6.92 Å². The first kappa shape index (κ1) is 27.2. The molecule has 0 saturated carbocycles. The van der Waals surface area contributed by atoms with Crippen LogP contribution in [0.4, 0.5) is 23.2 Å². The number of alkyl halides is 4. The number of amidine groups is 1. The molecule has 1 aliphatic rings. The monoisotopic (exact) mass is 442 g/mol. The average Bonchev–Trinajstić information content (AvgIpc) is 2.47. The molecule has 1 aromatic rings. The van der Waals surface area contributed by atoms with Crippen molar-refractivity contribution in [2.45, 2.75) is 37.3 Å². The van der Waals surface area contributed by atoms with E-state index in [1.807, 2.05) is 0 Å². The summed E-state index contributed by atoms with van der Waals surface area (Å²) in [5.74, 6) is -7.99. The zero-order valence-electron chi connectivity index (χ0n) is 13.6. The van der Waals surface area contributed by atoms with Gasteiger partial charge in [-0.15, -0.1) is 37.2 Å². The lowest BCUT2D eigenvalue weighted by molar-refractivity contribution is -0.207. The molecule has 6 N–H and O–H groups in total. The van der Waals surface area contributed by atoms with E-state index in [2.05, 4.69) is 4.99 Å². The summed E-state index contributed by atoms with van der Waals surface area (Å²) in [5.41, 5.74) is 16.6. The van der Waals surface area contributed by atoms with Gasteiger partial charge in [-0.3, -0.25) is 0 Å². The molecule has 0 amide bonds. The fraction of sp³-hybridized carbons (Fsp3) is 0.500. The Balaban J connectivity index is 0. The maximum Gasteiger partial charge on any atom is 0.322 e. The summed E-state index contributed by atoms with van der Waals surface area (Å²) >= 11 is 0. The molecular weight excluding hydrogens is 423 g/mol. The Labute approximate surface area is 166 Å². The van der Waals surface area contributed by atoms with E-state index in [-0.39, 0.29) is 48.6 Å². The molecule has 0 saturated heterocycles. The summed E-state index contributed by atoms with van der Waals surface area (Å²) in [6.45, 7) is 0.250. The zero-order valence-corrected chi connectivity index (χ0v) is 16.1. The standard InChI is InChI=1S/C14H18F4N4O.3ClH/c1-7-12(21)22-10-4-8(2-3-11(10)23-7)9(20)5-13(15,16)14(17,18)6-19;;;/h2-4,7,9H,5-6,19-20H2,1H3,(H2,21,22);3*1H/t7-,9?;;;/m1.../s1. The molecule has 1 unspecified atom stereocenters. The largest absolute Gasteiger partial charge is 0.481 e. The van der Waals surface area contributed by atoms with Crippen LogP contribution in [-0.2, 0) is 0 Å². The fourth-order valence-electron chi connectivity index (χ4n) is 2.13. The van der Waals surface area contributed by atoms with Crippen molar-refractivity contribution in [2.24, 2.45) is 22.2 Å². The van der Waals surface area contributed by atoms with Crippen LogP contribution in [0.2, 0.25) is 0 Å². The minimum absolute atomic E-state index is 0. The van der Waals surface area contributed by atoms with Crippen LogP contribution < -0.4 is 21.9 Å². The van der Waals surface area contributed by atoms with Crippen molar-refractivity contribution in [1.29, 1.82) is 0 Å². The number of hydrogen-bond donors (Lipinski definition) is 3. The van der Waals surface area contributed by atoms with Crippen LogP contribution in [0, 0.1) is 0 Å². The Kier molecular flexibility index (Phi) is 10.3. The number of benzene rings is 1. The van der Waals surface area contributed by atoms with Gasteiger partial charge >= 0.3 is 11.8 Å². The highest BCUT2D eigenvalue weighted by Crippen LogP contribution is 2.41. The lowest BCUT2D eigenvalue weighted by atomic mass is 9.97. The highest BCUT2D eigenvalue weighted by molar-refractivity contribution is 5.89. The van der Waals surface area contributed by atoms with Gasteiger partial charge in [0.05, 0.1) is 6.54 Å².